The molecule has 0 aromatic heterocycles. The minimum Gasteiger partial charge on any atom is -0.399 e. The normalized spacial score (nSPS) is 15.3. The average molecular weight is 334 g/mol. The van der Waals surface area contributed by atoms with Gasteiger partial charge in [-0.15, -0.1) is 24.8 Å². The van der Waals surface area contributed by atoms with Crippen molar-refractivity contribution in [3.63, 3.8) is 0 Å². The number of benzene rings is 1. The van der Waals surface area contributed by atoms with Crippen LogP contribution >= 0.6 is 24.8 Å². The lowest BCUT2D eigenvalue weighted by molar-refractivity contribution is 0.0678. The summed E-state index contributed by atoms with van der Waals surface area (Å²) < 4.78 is 0. The summed E-state index contributed by atoms with van der Waals surface area (Å²) in [5, 5.41) is 0. The first-order valence-corrected chi connectivity index (χ1v) is 6.86. The minimum absolute atomic E-state index is 0. The highest BCUT2D eigenvalue weighted by Crippen LogP contribution is 2.20. The quantitative estimate of drug-likeness (QED) is 0.864. The number of anilines is 1. The Hall–Kier alpha value is -0.970. The van der Waals surface area contributed by atoms with Gasteiger partial charge in [-0.3, -0.25) is 4.79 Å². The van der Waals surface area contributed by atoms with E-state index in [4.69, 9.17) is 5.73 Å². The van der Waals surface area contributed by atoms with Gasteiger partial charge in [0.15, 0.2) is 0 Å². The number of rotatable bonds is 3. The molecule has 0 saturated carbocycles. The maximum atomic E-state index is 12.3. The minimum atomic E-state index is 0. The third-order valence-electron chi connectivity index (χ3n) is 3.66. The molecule has 1 amide bonds. The van der Waals surface area contributed by atoms with Gasteiger partial charge in [0.25, 0.3) is 5.91 Å². The van der Waals surface area contributed by atoms with Crippen molar-refractivity contribution in [1.82, 2.24) is 9.80 Å². The van der Waals surface area contributed by atoms with Crippen molar-refractivity contribution in [2.75, 3.05) is 39.5 Å². The first-order valence-electron chi connectivity index (χ1n) is 6.86. The summed E-state index contributed by atoms with van der Waals surface area (Å²) in [5.41, 5.74) is 7.07. The molecule has 0 spiro atoms. The second-order valence-corrected chi connectivity index (χ2v) is 5.62. The van der Waals surface area contributed by atoms with Crippen molar-refractivity contribution < 1.29 is 4.79 Å². The van der Waals surface area contributed by atoms with Crippen LogP contribution in [0.25, 0.3) is 0 Å². The predicted octanol–water partition coefficient (Wildman–Crippen LogP) is 2.53. The van der Waals surface area contributed by atoms with Gasteiger partial charge in [-0.05, 0) is 51.1 Å². The number of likely N-dealkylation sites (tertiary alicyclic amines) is 1. The van der Waals surface area contributed by atoms with Gasteiger partial charge in [0.05, 0.1) is 0 Å². The Bertz CT molecular complexity index is 446. The molecule has 0 unspecified atom stereocenters. The summed E-state index contributed by atoms with van der Waals surface area (Å²) in [6.07, 6.45) is 2.18. The van der Waals surface area contributed by atoms with E-state index < -0.39 is 0 Å². The number of hydrogen-bond acceptors (Lipinski definition) is 3. The van der Waals surface area contributed by atoms with Crippen LogP contribution in [0.15, 0.2) is 24.3 Å². The van der Waals surface area contributed by atoms with E-state index in [2.05, 4.69) is 19.0 Å². The Kier molecular flexibility index (Phi) is 8.71. The molecule has 1 aromatic rings. The Balaban J connectivity index is 0.00000200. The second-order valence-electron chi connectivity index (χ2n) is 5.62. The molecule has 6 heteroatoms. The zero-order chi connectivity index (χ0) is 13.8. The van der Waals surface area contributed by atoms with Gasteiger partial charge in [0.2, 0.25) is 0 Å². The highest BCUT2D eigenvalue weighted by atomic mass is 35.5. The average Bonchev–Trinajstić information content (AvgIpc) is 2.38. The number of carbonyl (C=O) groups is 1. The molecule has 1 aliphatic rings. The Labute approximate surface area is 139 Å². The topological polar surface area (TPSA) is 49.6 Å². The van der Waals surface area contributed by atoms with E-state index in [1.807, 2.05) is 17.0 Å². The number of nitrogens with zero attached hydrogens (tertiary/aromatic N) is 2. The molecule has 4 nitrogen and oxygen atoms in total. The van der Waals surface area contributed by atoms with Gasteiger partial charge in [-0.2, -0.15) is 0 Å². The maximum absolute atomic E-state index is 12.3. The number of carbonyl (C=O) groups excluding carboxylic acids is 1. The highest BCUT2D eigenvalue weighted by molar-refractivity contribution is 5.95. The molecule has 1 saturated heterocycles. The lowest BCUT2D eigenvalue weighted by atomic mass is 9.96. The molecule has 2 rings (SSSR count). The van der Waals surface area contributed by atoms with Crippen molar-refractivity contribution >= 4 is 36.4 Å². The lowest BCUT2D eigenvalue weighted by Crippen LogP contribution is -2.40. The summed E-state index contributed by atoms with van der Waals surface area (Å²) in [4.78, 5) is 16.5. The van der Waals surface area contributed by atoms with Crippen LogP contribution in [0, 0.1) is 5.92 Å². The van der Waals surface area contributed by atoms with Crippen LogP contribution in [0.2, 0.25) is 0 Å². The fraction of sp³-hybridized carbons (Fsp3) is 0.533. The molecule has 1 fully saturated rings. The second kappa shape index (κ2) is 9.13. The molecule has 0 atom stereocenters. The van der Waals surface area contributed by atoms with Crippen LogP contribution in [0.5, 0.6) is 0 Å². The van der Waals surface area contributed by atoms with E-state index in [1.165, 1.54) is 0 Å². The maximum Gasteiger partial charge on any atom is 0.253 e. The Morgan fingerprint density at radius 2 is 1.90 bits per heavy atom. The van der Waals surface area contributed by atoms with Gasteiger partial charge >= 0.3 is 0 Å². The van der Waals surface area contributed by atoms with Crippen LogP contribution in [0.3, 0.4) is 0 Å². The predicted molar refractivity (Wildman–Crippen MR) is 92.5 cm³/mol. The van der Waals surface area contributed by atoms with Gasteiger partial charge < -0.3 is 15.5 Å². The number of halogens is 2. The summed E-state index contributed by atoms with van der Waals surface area (Å²) >= 11 is 0. The van der Waals surface area contributed by atoms with Gasteiger partial charge in [0.1, 0.15) is 0 Å². The monoisotopic (exact) mass is 333 g/mol. The summed E-state index contributed by atoms with van der Waals surface area (Å²) in [6, 6.07) is 7.24. The van der Waals surface area contributed by atoms with Crippen LogP contribution < -0.4 is 5.73 Å². The Morgan fingerprint density at radius 1 is 1.29 bits per heavy atom. The van der Waals surface area contributed by atoms with E-state index in [-0.39, 0.29) is 30.7 Å². The van der Waals surface area contributed by atoms with Crippen molar-refractivity contribution in [3.8, 4) is 0 Å². The van der Waals surface area contributed by atoms with Gasteiger partial charge in [-0.1, -0.05) is 6.07 Å². The lowest BCUT2D eigenvalue weighted by Gasteiger charge is -2.33. The third kappa shape index (κ3) is 5.73. The highest BCUT2D eigenvalue weighted by Gasteiger charge is 2.23. The van der Waals surface area contributed by atoms with Crippen LogP contribution in [0.4, 0.5) is 5.69 Å². The number of hydrogen-bond donors (Lipinski definition) is 1. The molecular formula is C15H25Cl2N3O. The van der Waals surface area contributed by atoms with E-state index in [0.29, 0.717) is 17.2 Å². The van der Waals surface area contributed by atoms with Crippen molar-refractivity contribution in [1.29, 1.82) is 0 Å². The van der Waals surface area contributed by atoms with Crippen molar-refractivity contribution in [2.24, 2.45) is 5.92 Å². The molecule has 1 heterocycles. The SMILES string of the molecule is CN(C)CC1CCN(C(=O)c2cccc(N)c2)CC1.Cl.Cl. The standard InChI is InChI=1S/C15H23N3O.2ClH/c1-17(2)11-12-6-8-18(9-7-12)15(19)13-4-3-5-14(16)10-13;;/h3-5,10,12H,6-9,11,16H2,1-2H3;2*1H. The molecule has 1 aromatic carbocycles. The number of piperidine rings is 1. The molecule has 0 bridgehead atoms. The first kappa shape index (κ1) is 20.0. The third-order valence-corrected chi connectivity index (χ3v) is 3.66. The molecule has 21 heavy (non-hydrogen) atoms. The molecule has 0 aliphatic carbocycles. The van der Waals surface area contributed by atoms with E-state index in [0.717, 1.165) is 32.5 Å². The van der Waals surface area contributed by atoms with Gasteiger partial charge in [-0.25, -0.2) is 0 Å². The zero-order valence-electron chi connectivity index (χ0n) is 12.6. The number of nitrogens with two attached hydrogens (primary N) is 1. The van der Waals surface area contributed by atoms with Crippen LogP contribution in [0.1, 0.15) is 23.2 Å². The summed E-state index contributed by atoms with van der Waals surface area (Å²) in [7, 11) is 4.20. The van der Waals surface area contributed by atoms with E-state index >= 15 is 0 Å². The molecular weight excluding hydrogens is 309 g/mol. The van der Waals surface area contributed by atoms with Crippen LogP contribution in [-0.4, -0.2) is 49.4 Å². The van der Waals surface area contributed by atoms with Crippen molar-refractivity contribution in [2.45, 2.75) is 12.8 Å². The fourth-order valence-corrected chi connectivity index (χ4v) is 2.69. The molecule has 1 aliphatic heterocycles. The van der Waals surface area contributed by atoms with Gasteiger partial charge in [0, 0.05) is 30.9 Å². The summed E-state index contributed by atoms with van der Waals surface area (Å²) in [5.74, 6) is 0.815. The molecule has 0 radical (unpaired) electrons. The molecule has 120 valence electrons. The largest absolute Gasteiger partial charge is 0.399 e. The van der Waals surface area contributed by atoms with E-state index in [1.54, 1.807) is 12.1 Å². The molecule has 2 N–H and O–H groups in total. The van der Waals surface area contributed by atoms with Crippen molar-refractivity contribution in [3.05, 3.63) is 29.8 Å². The smallest absolute Gasteiger partial charge is 0.253 e. The Morgan fingerprint density at radius 3 is 2.43 bits per heavy atom. The zero-order valence-corrected chi connectivity index (χ0v) is 14.3. The number of nitrogen functional groups attached to an aromatic ring is 1. The summed E-state index contributed by atoms with van der Waals surface area (Å²) in [6.45, 7) is 2.82. The van der Waals surface area contributed by atoms with E-state index in [9.17, 15) is 4.79 Å². The number of amides is 1. The fourth-order valence-electron chi connectivity index (χ4n) is 2.69. The first-order chi connectivity index (χ1) is 9.06. The van der Waals surface area contributed by atoms with Crippen LogP contribution in [-0.2, 0) is 0 Å².